The highest BCUT2D eigenvalue weighted by molar-refractivity contribution is 7.19. The largest absolute Gasteiger partial charge is 0.326 e. The highest BCUT2D eigenvalue weighted by Crippen LogP contribution is 2.36. The minimum absolute atomic E-state index is 0.0833. The lowest BCUT2D eigenvalue weighted by molar-refractivity contribution is 0.284. The minimum Gasteiger partial charge on any atom is -0.326 e. The second kappa shape index (κ2) is 3.91. The Morgan fingerprint density at radius 3 is 1.77 bits per heavy atom. The Labute approximate surface area is 88.8 Å². The lowest BCUT2D eigenvalue weighted by Crippen LogP contribution is -2.39. The van der Waals surface area contributed by atoms with Crippen molar-refractivity contribution in [1.82, 2.24) is 0 Å². The Balaban J connectivity index is 4.25. The van der Waals surface area contributed by atoms with Crippen LogP contribution in [0.5, 0.6) is 0 Å². The monoisotopic (exact) mass is 221 g/mol. The molecule has 2 N–H and O–H groups in total. The molecule has 80 valence electrons. The zero-order chi connectivity index (χ0) is 10.9. The maximum Gasteiger partial charge on any atom is 0.151 e. The van der Waals surface area contributed by atoms with Crippen molar-refractivity contribution in [2.75, 3.05) is 0 Å². The molecule has 0 aromatic carbocycles. The van der Waals surface area contributed by atoms with Gasteiger partial charge in [-0.2, -0.15) is 11.1 Å². The summed E-state index contributed by atoms with van der Waals surface area (Å²) in [5.41, 5.74) is 6.20. The Morgan fingerprint density at radius 2 is 1.54 bits per heavy atom. The van der Waals surface area contributed by atoms with E-state index in [9.17, 15) is 0 Å². The predicted octanol–water partition coefficient (Wildman–Crippen LogP) is 3.58. The number of halogens is 1. The van der Waals surface area contributed by atoms with E-state index in [-0.39, 0.29) is 11.0 Å². The zero-order valence-electron chi connectivity index (χ0n) is 9.87. The number of hydrogen-bond donors (Lipinski definition) is 1. The van der Waals surface area contributed by atoms with Crippen molar-refractivity contribution in [1.29, 1.82) is 0 Å². The van der Waals surface area contributed by atoms with Gasteiger partial charge in [0.25, 0.3) is 0 Å². The summed E-state index contributed by atoms with van der Waals surface area (Å²) in [6, 6.07) is 1.13. The lowest BCUT2D eigenvalue weighted by Gasteiger charge is -2.35. The van der Waals surface area contributed by atoms with Gasteiger partial charge < -0.3 is 5.73 Å². The Kier molecular flexibility index (Phi) is 4.05. The first-order chi connectivity index (χ1) is 5.41. The van der Waals surface area contributed by atoms with E-state index in [4.69, 9.17) is 16.8 Å². The van der Waals surface area contributed by atoms with E-state index >= 15 is 0 Å². The first-order valence-corrected chi connectivity index (χ1v) is 9.11. The summed E-state index contributed by atoms with van der Waals surface area (Å²) < 4.78 is 0. The molecule has 0 saturated carbocycles. The first kappa shape index (κ1) is 13.5. The summed E-state index contributed by atoms with van der Waals surface area (Å²) in [7, 11) is -1.48. The Morgan fingerprint density at radius 1 is 1.15 bits per heavy atom. The van der Waals surface area contributed by atoms with Gasteiger partial charge in [0.15, 0.2) is 7.38 Å². The highest BCUT2D eigenvalue weighted by atomic mass is 35.6. The van der Waals surface area contributed by atoms with Gasteiger partial charge in [0.2, 0.25) is 0 Å². The average Bonchev–Trinajstić information content (AvgIpc) is 1.43. The summed E-state index contributed by atoms with van der Waals surface area (Å²) in [5, 5.41) is 0. The van der Waals surface area contributed by atoms with Gasteiger partial charge in [0.1, 0.15) is 0 Å². The molecule has 0 aliphatic rings. The molecular weight excluding hydrogens is 198 g/mol. The average molecular weight is 222 g/mol. The van der Waals surface area contributed by atoms with E-state index in [1.165, 1.54) is 0 Å². The van der Waals surface area contributed by atoms with Crippen molar-refractivity contribution >= 4 is 18.5 Å². The van der Waals surface area contributed by atoms with Gasteiger partial charge >= 0.3 is 0 Å². The molecule has 0 aromatic rings. The van der Waals surface area contributed by atoms with Crippen LogP contribution in [-0.2, 0) is 0 Å². The summed E-state index contributed by atoms with van der Waals surface area (Å²) in [5.74, 6) is 0. The van der Waals surface area contributed by atoms with Crippen LogP contribution < -0.4 is 5.73 Å². The van der Waals surface area contributed by atoms with E-state index in [1.807, 2.05) is 0 Å². The maximum absolute atomic E-state index is 6.34. The standard InChI is InChI=1S/C10H24ClNSi/c1-9(2,7-10(3,4)12)8-13(5,6)11/h7-8,12H2,1-6H3. The molecule has 3 heteroatoms. The third kappa shape index (κ3) is 8.79. The molecule has 0 heterocycles. The molecule has 0 spiro atoms. The van der Waals surface area contributed by atoms with E-state index in [0.29, 0.717) is 0 Å². The van der Waals surface area contributed by atoms with Gasteiger partial charge in [-0.05, 0) is 31.7 Å². The Hall–Kier alpha value is 0.467. The molecule has 0 aromatic heterocycles. The molecule has 13 heavy (non-hydrogen) atoms. The fourth-order valence-electron chi connectivity index (χ4n) is 2.43. The molecule has 0 radical (unpaired) electrons. The number of hydrogen-bond acceptors (Lipinski definition) is 1. The zero-order valence-corrected chi connectivity index (χ0v) is 11.6. The van der Waals surface area contributed by atoms with Crippen LogP contribution in [0.1, 0.15) is 34.1 Å². The van der Waals surface area contributed by atoms with E-state index in [0.717, 1.165) is 12.5 Å². The van der Waals surface area contributed by atoms with Crippen molar-refractivity contribution in [3.05, 3.63) is 0 Å². The molecule has 0 atom stereocenters. The second-order valence-corrected chi connectivity index (χ2v) is 13.1. The second-order valence-electron chi connectivity index (χ2n) is 6.23. The van der Waals surface area contributed by atoms with Crippen LogP contribution in [0.3, 0.4) is 0 Å². The van der Waals surface area contributed by atoms with Crippen LogP contribution in [0.15, 0.2) is 0 Å². The Bertz CT molecular complexity index is 147. The summed E-state index contributed by atoms with van der Waals surface area (Å²) in [6.45, 7) is 13.1. The fraction of sp³-hybridized carbons (Fsp3) is 1.00. The maximum atomic E-state index is 6.34. The van der Waals surface area contributed by atoms with Crippen molar-refractivity contribution in [3.63, 3.8) is 0 Å². The minimum atomic E-state index is -1.48. The van der Waals surface area contributed by atoms with Gasteiger partial charge in [-0.15, -0.1) is 0 Å². The SMILES string of the molecule is CC(C)(N)CC(C)(C)C[Si](C)(C)Cl. The molecule has 0 aliphatic heterocycles. The summed E-state index contributed by atoms with van der Waals surface area (Å²) in [4.78, 5) is 0. The molecular formula is C10H24ClNSi. The summed E-state index contributed by atoms with van der Waals surface area (Å²) >= 11 is 6.34. The molecule has 0 rings (SSSR count). The summed E-state index contributed by atoms with van der Waals surface area (Å²) in [6.07, 6.45) is 1.03. The normalized spacial score (nSPS) is 14.8. The highest BCUT2D eigenvalue weighted by Gasteiger charge is 2.32. The van der Waals surface area contributed by atoms with E-state index in [2.05, 4.69) is 40.8 Å². The first-order valence-electron chi connectivity index (χ1n) is 4.89. The van der Waals surface area contributed by atoms with Gasteiger partial charge in [-0.3, -0.25) is 0 Å². The quantitative estimate of drug-likeness (QED) is 0.570. The smallest absolute Gasteiger partial charge is 0.151 e. The van der Waals surface area contributed by atoms with Crippen LogP contribution >= 0.6 is 11.1 Å². The van der Waals surface area contributed by atoms with Crippen LogP contribution in [0.4, 0.5) is 0 Å². The van der Waals surface area contributed by atoms with Gasteiger partial charge in [0, 0.05) is 5.54 Å². The topological polar surface area (TPSA) is 26.0 Å². The van der Waals surface area contributed by atoms with E-state index in [1.54, 1.807) is 0 Å². The molecule has 0 bridgehead atoms. The van der Waals surface area contributed by atoms with Crippen molar-refractivity contribution in [2.24, 2.45) is 11.1 Å². The third-order valence-corrected chi connectivity index (χ3v) is 4.03. The van der Waals surface area contributed by atoms with Crippen molar-refractivity contribution in [2.45, 2.75) is 58.8 Å². The van der Waals surface area contributed by atoms with Crippen LogP contribution in [0.2, 0.25) is 19.1 Å². The lowest BCUT2D eigenvalue weighted by atomic mass is 9.82. The van der Waals surface area contributed by atoms with Crippen molar-refractivity contribution < 1.29 is 0 Å². The number of rotatable bonds is 4. The molecule has 0 saturated heterocycles. The predicted molar refractivity (Wildman–Crippen MR) is 64.8 cm³/mol. The molecule has 0 amide bonds. The fourth-order valence-corrected chi connectivity index (χ4v) is 5.92. The molecule has 0 fully saturated rings. The van der Waals surface area contributed by atoms with Crippen molar-refractivity contribution in [3.8, 4) is 0 Å². The van der Waals surface area contributed by atoms with Gasteiger partial charge in [0.05, 0.1) is 0 Å². The van der Waals surface area contributed by atoms with Gasteiger partial charge in [-0.25, -0.2) is 0 Å². The number of nitrogens with two attached hydrogens (primary N) is 1. The molecule has 0 aliphatic carbocycles. The van der Waals surface area contributed by atoms with Gasteiger partial charge in [-0.1, -0.05) is 26.9 Å². The van der Waals surface area contributed by atoms with Crippen LogP contribution in [0.25, 0.3) is 0 Å². The van der Waals surface area contributed by atoms with Crippen LogP contribution in [0, 0.1) is 5.41 Å². The van der Waals surface area contributed by atoms with Crippen LogP contribution in [-0.4, -0.2) is 12.9 Å². The molecule has 0 unspecified atom stereocenters. The third-order valence-electron chi connectivity index (χ3n) is 1.83. The van der Waals surface area contributed by atoms with E-state index < -0.39 is 7.38 Å². The molecule has 1 nitrogen and oxygen atoms in total.